The van der Waals surface area contributed by atoms with E-state index < -0.39 is 5.92 Å². The summed E-state index contributed by atoms with van der Waals surface area (Å²) in [6, 6.07) is 2.94. The molecule has 0 unspecified atom stereocenters. The highest BCUT2D eigenvalue weighted by Crippen LogP contribution is 2.51. The molecule has 1 fully saturated rings. The van der Waals surface area contributed by atoms with Gasteiger partial charge in [-0.3, -0.25) is 0 Å². The molecule has 0 atom stereocenters. The third kappa shape index (κ3) is 2.04. The van der Waals surface area contributed by atoms with Gasteiger partial charge in [-0.15, -0.1) is 0 Å². The summed E-state index contributed by atoms with van der Waals surface area (Å²) >= 11 is 0. The molecule has 20 heavy (non-hydrogen) atoms. The van der Waals surface area contributed by atoms with Gasteiger partial charge in [-0.2, -0.15) is 0 Å². The van der Waals surface area contributed by atoms with Crippen molar-refractivity contribution in [2.75, 3.05) is 19.8 Å². The molecule has 2 N–H and O–H groups in total. The summed E-state index contributed by atoms with van der Waals surface area (Å²) in [6.07, 6.45) is 2.90. The van der Waals surface area contributed by atoms with E-state index in [0.29, 0.717) is 31.3 Å². The molecule has 0 aromatic heterocycles. The molecule has 0 bridgehead atoms. The predicted molar refractivity (Wildman–Crippen MR) is 71.6 cm³/mol. The maximum atomic E-state index is 13.7. The van der Waals surface area contributed by atoms with Crippen molar-refractivity contribution in [3.8, 4) is 11.5 Å². The van der Waals surface area contributed by atoms with Crippen molar-refractivity contribution in [3.05, 3.63) is 23.3 Å². The van der Waals surface area contributed by atoms with Crippen molar-refractivity contribution in [2.45, 2.75) is 37.5 Å². The highest BCUT2D eigenvalue weighted by Gasteiger charge is 2.42. The molecular weight excluding hydrogens is 264 g/mol. The fourth-order valence-electron chi connectivity index (χ4n) is 2.99. The molecule has 1 aromatic rings. The molecule has 1 saturated carbocycles. The van der Waals surface area contributed by atoms with Crippen molar-refractivity contribution in [2.24, 2.45) is 5.73 Å². The van der Waals surface area contributed by atoms with Crippen molar-refractivity contribution in [3.63, 3.8) is 0 Å². The fourth-order valence-corrected chi connectivity index (χ4v) is 2.99. The smallest absolute Gasteiger partial charge is 0.270 e. The van der Waals surface area contributed by atoms with Gasteiger partial charge in [-0.25, -0.2) is 8.78 Å². The molecule has 0 saturated heterocycles. The Morgan fingerprint density at radius 2 is 1.95 bits per heavy atom. The predicted octanol–water partition coefficient (Wildman–Crippen LogP) is 2.95. The van der Waals surface area contributed by atoms with Gasteiger partial charge in [0, 0.05) is 30.0 Å². The van der Waals surface area contributed by atoms with Gasteiger partial charge in [-0.1, -0.05) is 6.42 Å². The molecule has 3 rings (SSSR count). The number of alkyl halides is 2. The largest absolute Gasteiger partial charge is 0.486 e. The maximum Gasteiger partial charge on any atom is 0.270 e. The number of halogens is 2. The van der Waals surface area contributed by atoms with E-state index in [1.165, 1.54) is 6.07 Å². The van der Waals surface area contributed by atoms with E-state index in [1.54, 1.807) is 6.07 Å². The topological polar surface area (TPSA) is 44.5 Å². The first-order valence-electron chi connectivity index (χ1n) is 6.99. The lowest BCUT2D eigenvalue weighted by Gasteiger charge is -2.43. The zero-order chi connectivity index (χ0) is 14.4. The van der Waals surface area contributed by atoms with E-state index in [1.807, 2.05) is 0 Å². The molecule has 0 radical (unpaired) electrons. The molecule has 110 valence electrons. The normalized spacial score (nSPS) is 20.4. The van der Waals surface area contributed by atoms with Gasteiger partial charge in [-0.05, 0) is 25.0 Å². The molecule has 1 heterocycles. The number of benzene rings is 1. The third-order valence-electron chi connectivity index (χ3n) is 4.42. The minimum Gasteiger partial charge on any atom is -0.486 e. The average molecular weight is 283 g/mol. The summed E-state index contributed by atoms with van der Waals surface area (Å²) in [5, 5.41) is 0. The summed E-state index contributed by atoms with van der Waals surface area (Å²) in [4.78, 5) is 0. The summed E-state index contributed by atoms with van der Waals surface area (Å²) in [5.41, 5.74) is 6.44. The van der Waals surface area contributed by atoms with Crippen molar-refractivity contribution < 1.29 is 18.3 Å². The lowest BCUT2D eigenvalue weighted by molar-refractivity contribution is 0.0165. The molecular formula is C15H19F2NO2. The Morgan fingerprint density at radius 1 is 1.25 bits per heavy atom. The van der Waals surface area contributed by atoms with Gasteiger partial charge >= 0.3 is 0 Å². The first kappa shape index (κ1) is 13.6. The minimum atomic E-state index is -2.90. The number of fused-ring (bicyclic) bond motifs is 1. The van der Waals surface area contributed by atoms with Gasteiger partial charge < -0.3 is 15.2 Å². The molecule has 1 aliphatic heterocycles. The van der Waals surface area contributed by atoms with E-state index in [0.717, 1.165) is 31.7 Å². The summed E-state index contributed by atoms with van der Waals surface area (Å²) < 4.78 is 38.6. The Morgan fingerprint density at radius 3 is 2.50 bits per heavy atom. The van der Waals surface area contributed by atoms with E-state index >= 15 is 0 Å². The van der Waals surface area contributed by atoms with Gasteiger partial charge in [0.05, 0.1) is 0 Å². The second kappa shape index (κ2) is 4.58. The Kier molecular flexibility index (Phi) is 3.12. The van der Waals surface area contributed by atoms with Crippen LogP contribution in [0.2, 0.25) is 0 Å². The Balaban J connectivity index is 2.15. The summed E-state index contributed by atoms with van der Waals surface area (Å²) in [6.45, 7) is 2.18. The Bertz CT molecular complexity index is 516. The van der Waals surface area contributed by atoms with Crippen molar-refractivity contribution in [1.29, 1.82) is 0 Å². The van der Waals surface area contributed by atoms with Crippen LogP contribution in [0.25, 0.3) is 0 Å². The van der Waals surface area contributed by atoms with Gasteiger partial charge in [0.1, 0.15) is 13.2 Å². The monoisotopic (exact) mass is 283 g/mol. The SMILES string of the molecule is CC(F)(F)c1cc2c(c(C3(CN)CCC3)c1)OCCO2. The fraction of sp³-hybridized carbons (Fsp3) is 0.600. The van der Waals surface area contributed by atoms with Crippen LogP contribution in [0, 0.1) is 0 Å². The van der Waals surface area contributed by atoms with Crippen LogP contribution < -0.4 is 15.2 Å². The number of hydrogen-bond acceptors (Lipinski definition) is 3. The lowest BCUT2D eigenvalue weighted by Crippen LogP contribution is -2.42. The Hall–Kier alpha value is -1.36. The van der Waals surface area contributed by atoms with Crippen LogP contribution in [0.15, 0.2) is 12.1 Å². The van der Waals surface area contributed by atoms with E-state index in [-0.39, 0.29) is 11.0 Å². The van der Waals surface area contributed by atoms with Crippen LogP contribution in [-0.4, -0.2) is 19.8 Å². The van der Waals surface area contributed by atoms with E-state index in [4.69, 9.17) is 15.2 Å². The number of hydrogen-bond donors (Lipinski definition) is 1. The first-order valence-corrected chi connectivity index (χ1v) is 6.99. The van der Waals surface area contributed by atoms with Crippen LogP contribution in [0.4, 0.5) is 8.78 Å². The van der Waals surface area contributed by atoms with Crippen LogP contribution >= 0.6 is 0 Å². The highest BCUT2D eigenvalue weighted by molar-refractivity contribution is 5.55. The van der Waals surface area contributed by atoms with E-state index in [9.17, 15) is 8.78 Å². The first-order chi connectivity index (χ1) is 9.46. The third-order valence-corrected chi connectivity index (χ3v) is 4.42. The molecule has 0 amide bonds. The quantitative estimate of drug-likeness (QED) is 0.927. The molecule has 5 heteroatoms. The van der Waals surface area contributed by atoms with Gasteiger partial charge in [0.2, 0.25) is 0 Å². The van der Waals surface area contributed by atoms with Gasteiger partial charge in [0.25, 0.3) is 5.92 Å². The zero-order valence-corrected chi connectivity index (χ0v) is 11.5. The second-order valence-electron chi connectivity index (χ2n) is 5.77. The number of ether oxygens (including phenoxy) is 2. The van der Waals surface area contributed by atoms with Gasteiger partial charge in [0.15, 0.2) is 11.5 Å². The standard InChI is InChI=1S/C15H19F2NO2/c1-14(16,17)10-7-11(15(9-18)3-2-4-15)13-12(8-10)19-5-6-20-13/h7-8H,2-6,9,18H2,1H3. The van der Waals surface area contributed by atoms with Crippen LogP contribution in [0.1, 0.15) is 37.3 Å². The number of nitrogens with two attached hydrogens (primary N) is 1. The summed E-state index contributed by atoms with van der Waals surface area (Å²) in [7, 11) is 0. The highest BCUT2D eigenvalue weighted by atomic mass is 19.3. The van der Waals surface area contributed by atoms with Crippen LogP contribution in [-0.2, 0) is 11.3 Å². The van der Waals surface area contributed by atoms with Crippen LogP contribution in [0.3, 0.4) is 0 Å². The number of rotatable bonds is 3. The molecule has 3 nitrogen and oxygen atoms in total. The zero-order valence-electron chi connectivity index (χ0n) is 11.5. The summed E-state index contributed by atoms with van der Waals surface area (Å²) in [5.74, 6) is -1.87. The molecule has 2 aliphatic rings. The van der Waals surface area contributed by atoms with Crippen molar-refractivity contribution >= 4 is 0 Å². The molecule has 1 aliphatic carbocycles. The minimum absolute atomic E-state index is 0.0310. The van der Waals surface area contributed by atoms with Crippen LogP contribution in [0.5, 0.6) is 11.5 Å². The van der Waals surface area contributed by atoms with Crippen molar-refractivity contribution in [1.82, 2.24) is 0 Å². The second-order valence-corrected chi connectivity index (χ2v) is 5.77. The van der Waals surface area contributed by atoms with E-state index in [2.05, 4.69) is 0 Å². The maximum absolute atomic E-state index is 13.7. The average Bonchev–Trinajstić information content (AvgIpc) is 2.37. The Labute approximate surface area is 117 Å². The molecule has 1 aromatic carbocycles. The molecule has 0 spiro atoms. The lowest BCUT2D eigenvalue weighted by atomic mass is 9.64.